The van der Waals surface area contributed by atoms with Gasteiger partial charge in [0.05, 0.1) is 0 Å². The smallest absolute Gasteiger partial charge is 0.0341 e. The Labute approximate surface area is 121 Å². The molecular formula is C17H25NS. The summed E-state index contributed by atoms with van der Waals surface area (Å²) in [5.74, 6) is 3.00. The molecule has 0 aromatic heterocycles. The lowest BCUT2D eigenvalue weighted by molar-refractivity contribution is 0.211. The van der Waals surface area contributed by atoms with E-state index < -0.39 is 0 Å². The summed E-state index contributed by atoms with van der Waals surface area (Å²) in [7, 11) is 0. The fraction of sp³-hybridized carbons (Fsp3) is 0.647. The molecule has 104 valence electrons. The van der Waals surface area contributed by atoms with Crippen molar-refractivity contribution in [2.75, 3.05) is 5.75 Å². The molecule has 1 aliphatic carbocycles. The monoisotopic (exact) mass is 275 g/mol. The van der Waals surface area contributed by atoms with Crippen LogP contribution in [0.5, 0.6) is 0 Å². The highest BCUT2D eigenvalue weighted by molar-refractivity contribution is 7.99. The molecule has 3 rings (SSSR count). The zero-order valence-electron chi connectivity index (χ0n) is 12.1. The summed E-state index contributed by atoms with van der Waals surface area (Å²) < 4.78 is 0. The van der Waals surface area contributed by atoms with Crippen LogP contribution in [0.2, 0.25) is 0 Å². The molecule has 1 aromatic rings. The van der Waals surface area contributed by atoms with Crippen LogP contribution in [0.3, 0.4) is 0 Å². The number of nitrogens with one attached hydrogen (secondary N) is 1. The van der Waals surface area contributed by atoms with Gasteiger partial charge in [-0.15, -0.1) is 11.8 Å². The van der Waals surface area contributed by atoms with E-state index in [-0.39, 0.29) is 0 Å². The molecule has 4 unspecified atom stereocenters. The summed E-state index contributed by atoms with van der Waals surface area (Å²) in [5, 5.41) is 3.97. The van der Waals surface area contributed by atoms with Crippen molar-refractivity contribution >= 4 is 11.8 Å². The molecule has 2 heteroatoms. The molecule has 1 heterocycles. The largest absolute Gasteiger partial charge is 0.307 e. The van der Waals surface area contributed by atoms with Gasteiger partial charge < -0.3 is 5.32 Å². The van der Waals surface area contributed by atoms with E-state index in [9.17, 15) is 0 Å². The maximum absolute atomic E-state index is 3.97. The Morgan fingerprint density at radius 3 is 2.79 bits per heavy atom. The maximum atomic E-state index is 3.97. The van der Waals surface area contributed by atoms with Crippen LogP contribution in [0.1, 0.15) is 51.1 Å². The van der Waals surface area contributed by atoms with Gasteiger partial charge in [-0.05, 0) is 54.9 Å². The molecule has 1 aromatic carbocycles. The normalized spacial score (nSPS) is 34.8. The fourth-order valence-electron chi connectivity index (χ4n) is 3.69. The average molecular weight is 275 g/mol. The minimum Gasteiger partial charge on any atom is -0.307 e. The SMILES string of the molecule is CC1CCC(NC2CCSc3ccccc32)C(C)C1. The molecule has 2 aliphatic rings. The molecule has 4 atom stereocenters. The van der Waals surface area contributed by atoms with Crippen LogP contribution in [0.25, 0.3) is 0 Å². The van der Waals surface area contributed by atoms with Crippen molar-refractivity contribution in [2.24, 2.45) is 11.8 Å². The summed E-state index contributed by atoms with van der Waals surface area (Å²) in [6, 6.07) is 10.2. The molecule has 1 saturated carbocycles. The van der Waals surface area contributed by atoms with Crippen LogP contribution >= 0.6 is 11.8 Å². The van der Waals surface area contributed by atoms with E-state index >= 15 is 0 Å². The summed E-state index contributed by atoms with van der Waals surface area (Å²) in [4.78, 5) is 1.49. The number of thioether (sulfide) groups is 1. The number of hydrogen-bond donors (Lipinski definition) is 1. The minimum atomic E-state index is 0.582. The standard InChI is InChI=1S/C17H25NS/c1-12-7-8-15(13(2)11-12)18-16-9-10-19-17-6-4-3-5-14(16)17/h3-6,12-13,15-16,18H,7-11H2,1-2H3. The van der Waals surface area contributed by atoms with E-state index in [1.165, 1.54) is 41.9 Å². The molecule has 0 amide bonds. The first kappa shape index (κ1) is 13.5. The highest BCUT2D eigenvalue weighted by atomic mass is 32.2. The van der Waals surface area contributed by atoms with Gasteiger partial charge in [-0.2, -0.15) is 0 Å². The van der Waals surface area contributed by atoms with E-state index in [2.05, 4.69) is 43.4 Å². The molecule has 1 fully saturated rings. The van der Waals surface area contributed by atoms with Crippen molar-refractivity contribution in [3.8, 4) is 0 Å². The number of fused-ring (bicyclic) bond motifs is 1. The van der Waals surface area contributed by atoms with E-state index in [4.69, 9.17) is 0 Å². The van der Waals surface area contributed by atoms with Gasteiger partial charge in [0.2, 0.25) is 0 Å². The van der Waals surface area contributed by atoms with Gasteiger partial charge in [0.15, 0.2) is 0 Å². The lowest BCUT2D eigenvalue weighted by Crippen LogP contribution is -2.41. The maximum Gasteiger partial charge on any atom is 0.0341 e. The van der Waals surface area contributed by atoms with Crippen molar-refractivity contribution in [3.05, 3.63) is 29.8 Å². The first-order valence-electron chi connectivity index (χ1n) is 7.72. The van der Waals surface area contributed by atoms with Crippen LogP contribution in [0.4, 0.5) is 0 Å². The van der Waals surface area contributed by atoms with Crippen molar-refractivity contribution in [1.29, 1.82) is 0 Å². The summed E-state index contributed by atoms with van der Waals surface area (Å²) >= 11 is 2.02. The molecule has 0 radical (unpaired) electrons. The molecule has 0 bridgehead atoms. The first-order valence-corrected chi connectivity index (χ1v) is 8.70. The van der Waals surface area contributed by atoms with Crippen LogP contribution in [-0.2, 0) is 0 Å². The van der Waals surface area contributed by atoms with Crippen LogP contribution in [0, 0.1) is 11.8 Å². The van der Waals surface area contributed by atoms with E-state index in [0.29, 0.717) is 6.04 Å². The Morgan fingerprint density at radius 2 is 1.95 bits per heavy atom. The topological polar surface area (TPSA) is 12.0 Å². The molecule has 1 nitrogen and oxygen atoms in total. The van der Waals surface area contributed by atoms with E-state index in [1.807, 2.05) is 11.8 Å². The zero-order valence-corrected chi connectivity index (χ0v) is 12.9. The summed E-state index contributed by atoms with van der Waals surface area (Å²) in [6.07, 6.45) is 5.42. The molecule has 19 heavy (non-hydrogen) atoms. The third kappa shape index (κ3) is 3.00. The van der Waals surface area contributed by atoms with Crippen molar-refractivity contribution in [2.45, 2.75) is 56.5 Å². The molecule has 1 aliphatic heterocycles. The predicted octanol–water partition coefficient (Wildman–Crippen LogP) is 4.64. The fourth-order valence-corrected chi connectivity index (χ4v) is 4.81. The first-order chi connectivity index (χ1) is 9.24. The Morgan fingerprint density at radius 1 is 1.11 bits per heavy atom. The average Bonchev–Trinajstić information content (AvgIpc) is 2.42. The Kier molecular flexibility index (Phi) is 4.18. The lowest BCUT2D eigenvalue weighted by atomic mass is 9.79. The van der Waals surface area contributed by atoms with Crippen molar-refractivity contribution < 1.29 is 0 Å². The molecular weight excluding hydrogens is 250 g/mol. The van der Waals surface area contributed by atoms with Crippen LogP contribution in [-0.4, -0.2) is 11.8 Å². The van der Waals surface area contributed by atoms with Gasteiger partial charge >= 0.3 is 0 Å². The molecule has 0 saturated heterocycles. The highest BCUT2D eigenvalue weighted by Gasteiger charge is 2.29. The second-order valence-corrected chi connectivity index (χ2v) is 7.53. The van der Waals surface area contributed by atoms with Gasteiger partial charge in [-0.25, -0.2) is 0 Å². The Balaban J connectivity index is 1.71. The summed E-state index contributed by atoms with van der Waals surface area (Å²) in [6.45, 7) is 4.83. The van der Waals surface area contributed by atoms with E-state index in [0.717, 1.165) is 17.9 Å². The third-order valence-electron chi connectivity index (χ3n) is 4.81. The second-order valence-electron chi connectivity index (χ2n) is 6.40. The lowest BCUT2D eigenvalue weighted by Gasteiger charge is -2.37. The van der Waals surface area contributed by atoms with Crippen LogP contribution in [0.15, 0.2) is 29.2 Å². The van der Waals surface area contributed by atoms with Crippen molar-refractivity contribution in [3.63, 3.8) is 0 Å². The zero-order chi connectivity index (χ0) is 13.2. The van der Waals surface area contributed by atoms with Gasteiger partial charge in [-0.1, -0.05) is 32.0 Å². The van der Waals surface area contributed by atoms with Gasteiger partial charge in [0.1, 0.15) is 0 Å². The minimum absolute atomic E-state index is 0.582. The van der Waals surface area contributed by atoms with Gasteiger partial charge in [-0.3, -0.25) is 0 Å². The van der Waals surface area contributed by atoms with Crippen LogP contribution < -0.4 is 5.32 Å². The predicted molar refractivity (Wildman–Crippen MR) is 83.6 cm³/mol. The molecule has 1 N–H and O–H groups in total. The number of rotatable bonds is 2. The summed E-state index contributed by atoms with van der Waals surface area (Å²) in [5.41, 5.74) is 1.53. The Hall–Kier alpha value is -0.470. The quantitative estimate of drug-likeness (QED) is 0.844. The van der Waals surface area contributed by atoms with Gasteiger partial charge in [0.25, 0.3) is 0 Å². The second kappa shape index (κ2) is 5.88. The van der Waals surface area contributed by atoms with Crippen molar-refractivity contribution in [1.82, 2.24) is 5.32 Å². The number of benzene rings is 1. The third-order valence-corrected chi connectivity index (χ3v) is 5.93. The highest BCUT2D eigenvalue weighted by Crippen LogP contribution is 2.38. The van der Waals surface area contributed by atoms with E-state index in [1.54, 1.807) is 0 Å². The number of hydrogen-bond acceptors (Lipinski definition) is 2. The Bertz CT molecular complexity index is 431. The van der Waals surface area contributed by atoms with Gasteiger partial charge in [0, 0.05) is 17.0 Å². The molecule has 0 spiro atoms.